The molecule has 2 saturated heterocycles. The molecule has 4 fully saturated rings. The number of likely N-dealkylation sites (tertiary alicyclic amines) is 1. The van der Waals surface area contributed by atoms with E-state index in [1.54, 1.807) is 13.0 Å². The van der Waals surface area contributed by atoms with Gasteiger partial charge in [-0.25, -0.2) is 4.79 Å². The van der Waals surface area contributed by atoms with E-state index in [-0.39, 0.29) is 168 Å². The molecule has 89 heavy (non-hydrogen) atoms. The summed E-state index contributed by atoms with van der Waals surface area (Å²) in [7, 11) is 2.88. The average molecular weight is 1400 g/mol. The first kappa shape index (κ1) is 78.0. The summed E-state index contributed by atoms with van der Waals surface area (Å²) in [5.41, 5.74) is 0.189. The molecule has 30 heteroatoms. The zero-order chi connectivity index (χ0) is 64.5. The molecule has 4 aliphatic heterocycles. The van der Waals surface area contributed by atoms with E-state index >= 15 is 0 Å². The summed E-state index contributed by atoms with van der Waals surface area (Å²) in [6, 6.07) is 17.7. The topological polar surface area (TPSA) is 202 Å². The predicted molar refractivity (Wildman–Crippen MR) is 288 cm³/mol. The van der Waals surface area contributed by atoms with E-state index in [0.29, 0.717) is 79.3 Å². The Kier molecular flexibility index (Phi) is 29.5. The summed E-state index contributed by atoms with van der Waals surface area (Å²) < 4.78 is 180. The van der Waals surface area contributed by atoms with Crippen LogP contribution in [-0.4, -0.2) is 111 Å². The smallest absolute Gasteiger partial charge is 0.565 e. The van der Waals surface area contributed by atoms with Crippen LogP contribution in [-0.2, 0) is 54.3 Å². The van der Waals surface area contributed by atoms with Crippen LogP contribution >= 0.6 is 15.9 Å². The number of halogens is 13. The maximum absolute atomic E-state index is 13.4. The predicted octanol–water partition coefficient (Wildman–Crippen LogP) is 6.08. The van der Waals surface area contributed by atoms with Gasteiger partial charge in [-0.05, 0) is 127 Å². The molecule has 0 spiro atoms. The molecular weight excluding hydrogens is 1330 g/mol. The normalized spacial score (nSPS) is 19.3. The number of esters is 2. The van der Waals surface area contributed by atoms with Crippen molar-refractivity contribution in [1.82, 2.24) is 10.2 Å². The van der Waals surface area contributed by atoms with Crippen molar-refractivity contribution in [3.8, 4) is 23.0 Å². The molecule has 480 valence electrons. The minimum Gasteiger partial charge on any atom is -0.565 e. The molecule has 0 radical (unpaired) electrons. The fourth-order valence-corrected chi connectivity index (χ4v) is 11.1. The molecule has 4 heterocycles. The number of nitrogens with one attached hydrogen (secondary N) is 1. The van der Waals surface area contributed by atoms with Crippen LogP contribution in [0.15, 0.2) is 72.8 Å². The Labute approximate surface area is 598 Å². The summed E-state index contributed by atoms with van der Waals surface area (Å²) >= 11 is 2.73. The summed E-state index contributed by atoms with van der Waals surface area (Å²) in [5, 5.41) is 25.4. The number of carbonyl (C=O) groups excluding carboxylic acids is 2. The van der Waals surface area contributed by atoms with Gasteiger partial charge >= 0.3 is 145 Å². The van der Waals surface area contributed by atoms with Crippen molar-refractivity contribution in [1.29, 1.82) is 0 Å². The van der Waals surface area contributed by atoms with Gasteiger partial charge in [0.05, 0.1) is 42.7 Å². The number of carboxylic acids is 1. The number of aliphatic carboxylic acids is 1. The minimum atomic E-state index is -5.08. The van der Waals surface area contributed by atoms with Gasteiger partial charge in [0.15, 0.2) is 23.0 Å². The second kappa shape index (κ2) is 33.6. The number of fused-ring (bicyclic) bond motifs is 2. The third kappa shape index (κ3) is 22.4. The molecule has 0 bridgehead atoms. The Bertz CT molecular complexity index is 3030. The van der Waals surface area contributed by atoms with Crippen LogP contribution in [0.2, 0.25) is 0 Å². The number of methoxy groups -OCH3 is 2. The summed E-state index contributed by atoms with van der Waals surface area (Å²) in [4.78, 5) is 43.7. The first-order chi connectivity index (χ1) is 40.6. The maximum Gasteiger partial charge on any atom is 1.00 e. The number of hydrogen-bond donors (Lipinski definition) is 3. The van der Waals surface area contributed by atoms with Crippen LogP contribution in [0, 0.1) is 42.4 Å². The van der Waals surface area contributed by atoms with Gasteiger partial charge in [0.2, 0.25) is 6.16 Å². The third-order valence-corrected chi connectivity index (χ3v) is 16.1. The van der Waals surface area contributed by atoms with Crippen LogP contribution in [0.4, 0.5) is 57.5 Å². The van der Waals surface area contributed by atoms with E-state index in [2.05, 4.69) is 33.4 Å². The van der Waals surface area contributed by atoms with Gasteiger partial charge in [-0.15, -0.1) is 0 Å². The van der Waals surface area contributed by atoms with Crippen LogP contribution < -0.4 is 132 Å². The molecule has 3 N–H and O–H groups in total. The minimum absolute atomic E-state index is 0. The second-order valence-corrected chi connectivity index (χ2v) is 22.4. The van der Waals surface area contributed by atoms with E-state index in [9.17, 15) is 62.3 Å². The first-order valence-corrected chi connectivity index (χ1v) is 28.4. The fourth-order valence-electron chi connectivity index (χ4n) is 10.7. The standard InChI is InChI=1S/C28H32F3NO4.C19H25NO4.C9H5BrF6.C2HF3O2.CH2O3.2K/c1-16-4-8-22(28(29,30)31)20(10-16)12-32-13-21(14-32)25-15-35-23-9-7-19(11-24(23)36-25)26(18-5-6-18)17(2)27(33)34-3;1-11(19(21)22-2)18(12-3-4-12)13-5-6-15-16(7-13)24-17(10-23-15)14-8-20-9-14;10-4-5-3-6(8(11,12)13)1-2-7(5)9(14,15)16;3-2(4,5)1(6)7;2-1(3)4;;/h4,7-11,17-18,21,25-26H,5-6,12-15H2,1-3H3;5-7,11-12,14,17-18,20H,3-4,8-10H2,1-2H3;1-3H,4H2;(H,6,7);(H2,2,3,4);;/q;;;;;2*+1/p-1/t17-,25?,26-;11-,17?,18-;;;;;/m00...../s1. The van der Waals surface area contributed by atoms with Crippen LogP contribution in [0.1, 0.15) is 95.9 Å². The van der Waals surface area contributed by atoms with Crippen LogP contribution in [0.5, 0.6) is 23.0 Å². The van der Waals surface area contributed by atoms with Crippen LogP contribution in [0.25, 0.3) is 0 Å². The SMILES string of the molecule is COC(=O)[C@@H](C)[C@H](c1ccc2c(c1)OC(C1CN(Cc3cc(C)ccc3C(F)(F)F)C1)CO2)C1CC1.COC(=O)[C@@H](C)[C@H](c1ccc2c(c1)OC(C1CNC1)CO2)C1CC1.FC(F)(F)c1ccc(C(F)(F)F)c(CBr)c1.O=C(O)C(F)(F)F.O=C([O-])O.[K+].[K+]. The van der Waals surface area contributed by atoms with Gasteiger partial charge in [0.1, 0.15) is 25.4 Å². The molecule has 2 unspecified atom stereocenters. The Morgan fingerprint density at radius 2 is 1.04 bits per heavy atom. The van der Waals surface area contributed by atoms with Crippen LogP contribution in [0.3, 0.4) is 0 Å². The Morgan fingerprint density at radius 1 is 0.629 bits per heavy atom. The molecule has 10 rings (SSSR count). The molecule has 6 aliphatic rings. The number of rotatable bonds is 13. The Morgan fingerprint density at radius 3 is 1.40 bits per heavy atom. The number of alkyl halides is 13. The van der Waals surface area contributed by atoms with Gasteiger partial charge in [0.25, 0.3) is 0 Å². The molecule has 4 aromatic carbocycles. The van der Waals surface area contributed by atoms with Gasteiger partial charge in [-0.2, -0.15) is 52.7 Å². The van der Waals surface area contributed by atoms with Crippen molar-refractivity contribution < 1.29 is 218 Å². The number of nitrogens with zero attached hydrogens (tertiary/aromatic N) is 1. The average Bonchev–Trinajstić information content (AvgIpc) is 1.60. The second-order valence-electron chi connectivity index (χ2n) is 21.8. The summed E-state index contributed by atoms with van der Waals surface area (Å²) in [6.45, 7) is 10.3. The van der Waals surface area contributed by atoms with E-state index in [4.69, 9.17) is 53.3 Å². The van der Waals surface area contributed by atoms with E-state index in [1.165, 1.54) is 39.2 Å². The van der Waals surface area contributed by atoms with Crippen molar-refractivity contribution in [3.63, 3.8) is 0 Å². The summed E-state index contributed by atoms with van der Waals surface area (Å²) in [5.74, 6) is 1.47. The number of carboxylic acid groups (broad SMARTS) is 3. The molecule has 4 aromatic rings. The number of benzene rings is 4. The van der Waals surface area contributed by atoms with Gasteiger partial charge in [0, 0.05) is 49.9 Å². The zero-order valence-corrected chi connectivity index (χ0v) is 57.3. The van der Waals surface area contributed by atoms with Crippen molar-refractivity contribution in [2.24, 2.45) is 35.5 Å². The van der Waals surface area contributed by atoms with E-state index in [1.807, 2.05) is 43.0 Å². The number of ether oxygens (including phenoxy) is 6. The molecule has 0 amide bonds. The Hall–Kier alpha value is -3.41. The van der Waals surface area contributed by atoms with E-state index in [0.717, 1.165) is 54.1 Å². The molecule has 2 saturated carbocycles. The van der Waals surface area contributed by atoms with Gasteiger partial charge in [-0.1, -0.05) is 59.6 Å². The first-order valence-electron chi connectivity index (χ1n) is 27.3. The van der Waals surface area contributed by atoms with Gasteiger partial charge < -0.3 is 53.9 Å². The molecule has 15 nitrogen and oxygen atoms in total. The number of carbonyl (C=O) groups is 4. The van der Waals surface area contributed by atoms with Crippen molar-refractivity contribution in [2.75, 3.05) is 53.6 Å². The number of aryl methyl sites for hydroxylation is 1. The van der Waals surface area contributed by atoms with Gasteiger partial charge in [-0.3, -0.25) is 14.5 Å². The maximum atomic E-state index is 13.4. The van der Waals surface area contributed by atoms with Crippen molar-refractivity contribution in [3.05, 3.63) is 117 Å². The zero-order valence-electron chi connectivity index (χ0n) is 49.4. The molecular formula is C59H64BrF12K2N2O13+. The molecule has 0 aromatic heterocycles. The van der Waals surface area contributed by atoms with Crippen molar-refractivity contribution >= 4 is 40.0 Å². The fraction of sp³-hybridized carbons (Fsp3) is 0.525. The largest absolute Gasteiger partial charge is 1.00 e. The molecule has 2 aliphatic carbocycles. The number of hydrogen-bond acceptors (Lipinski definition) is 13. The monoisotopic (exact) mass is 1390 g/mol. The quantitative estimate of drug-likeness (QED) is 0.0601. The van der Waals surface area contributed by atoms with E-state index < -0.39 is 59.1 Å². The molecule has 6 atom stereocenters. The Balaban J connectivity index is 0.000000276. The third-order valence-electron chi connectivity index (χ3n) is 15.5. The van der Waals surface area contributed by atoms with Crippen molar-refractivity contribution in [2.45, 2.75) is 107 Å². The summed E-state index contributed by atoms with van der Waals surface area (Å²) in [6.07, 6.45) is -16.3.